The van der Waals surface area contributed by atoms with E-state index in [1.54, 1.807) is 17.9 Å². The third kappa shape index (κ3) is 3.55. The maximum absolute atomic E-state index is 12.9. The summed E-state index contributed by atoms with van der Waals surface area (Å²) in [5.41, 5.74) is 3.08. The molecule has 1 aliphatic carbocycles. The van der Waals surface area contributed by atoms with Crippen LogP contribution in [0.1, 0.15) is 48.2 Å². The van der Waals surface area contributed by atoms with E-state index in [9.17, 15) is 9.59 Å². The minimum atomic E-state index is -0.232. The Balaban J connectivity index is 1.63. The van der Waals surface area contributed by atoms with Crippen LogP contribution in [-0.4, -0.2) is 26.6 Å². The van der Waals surface area contributed by atoms with Gasteiger partial charge in [0.05, 0.1) is 6.20 Å². The van der Waals surface area contributed by atoms with Crippen LogP contribution in [0.5, 0.6) is 0 Å². The number of thiazole rings is 1. The number of nitrogens with one attached hydrogen (secondary N) is 2. The van der Waals surface area contributed by atoms with Crippen molar-refractivity contribution in [2.75, 3.05) is 10.6 Å². The molecule has 2 N–H and O–H groups in total. The van der Waals surface area contributed by atoms with Crippen molar-refractivity contribution in [3.63, 3.8) is 0 Å². The van der Waals surface area contributed by atoms with Crippen LogP contribution in [-0.2, 0) is 11.8 Å². The second-order valence-electron chi connectivity index (χ2n) is 6.90. The van der Waals surface area contributed by atoms with Crippen molar-refractivity contribution in [3.8, 4) is 11.3 Å². The van der Waals surface area contributed by atoms with E-state index in [1.165, 1.54) is 24.7 Å². The maximum atomic E-state index is 12.9. The lowest BCUT2D eigenvalue weighted by Gasteiger charge is -2.25. The van der Waals surface area contributed by atoms with Crippen molar-refractivity contribution in [2.45, 2.75) is 32.1 Å². The van der Waals surface area contributed by atoms with Gasteiger partial charge in [-0.15, -0.1) is 0 Å². The minimum absolute atomic E-state index is 0.183. The van der Waals surface area contributed by atoms with Gasteiger partial charge in [-0.2, -0.15) is 5.10 Å². The van der Waals surface area contributed by atoms with Gasteiger partial charge in [-0.1, -0.05) is 48.1 Å². The molecule has 3 aromatic rings. The third-order valence-electron chi connectivity index (χ3n) is 4.91. The van der Waals surface area contributed by atoms with E-state index < -0.39 is 0 Å². The monoisotopic (exact) mass is 395 g/mol. The van der Waals surface area contributed by atoms with E-state index in [0.29, 0.717) is 27.4 Å². The van der Waals surface area contributed by atoms with Gasteiger partial charge in [0.2, 0.25) is 5.91 Å². The molecule has 0 atom stereocenters. The van der Waals surface area contributed by atoms with Crippen molar-refractivity contribution < 1.29 is 9.59 Å². The number of amides is 2. The van der Waals surface area contributed by atoms with Gasteiger partial charge in [0.15, 0.2) is 5.13 Å². The Hall–Kier alpha value is -3.00. The molecule has 1 aliphatic rings. The Labute approximate surface area is 166 Å². The Morgan fingerprint density at radius 3 is 2.57 bits per heavy atom. The summed E-state index contributed by atoms with van der Waals surface area (Å²) in [4.78, 5) is 29.1. The molecule has 1 fully saturated rings. The lowest BCUT2D eigenvalue weighted by atomic mass is 9.80. The third-order valence-corrected chi connectivity index (χ3v) is 5.80. The van der Waals surface area contributed by atoms with Crippen LogP contribution in [0, 0.1) is 0 Å². The lowest BCUT2D eigenvalue weighted by molar-refractivity contribution is -0.114. The fourth-order valence-electron chi connectivity index (χ4n) is 3.32. The Kier molecular flexibility index (Phi) is 4.95. The van der Waals surface area contributed by atoms with E-state index in [0.717, 1.165) is 24.0 Å². The molecule has 2 heterocycles. The van der Waals surface area contributed by atoms with Gasteiger partial charge < -0.3 is 5.32 Å². The van der Waals surface area contributed by atoms with Crippen molar-refractivity contribution in [1.29, 1.82) is 0 Å². The van der Waals surface area contributed by atoms with Gasteiger partial charge in [0.25, 0.3) is 5.91 Å². The zero-order valence-corrected chi connectivity index (χ0v) is 16.5. The number of hydrogen-bond acceptors (Lipinski definition) is 5. The van der Waals surface area contributed by atoms with Crippen molar-refractivity contribution in [1.82, 2.24) is 14.8 Å². The standard InChI is InChI=1S/C20H21N5O2S/c1-12(26)22-19-16(14-7-4-3-5-8-14)23-20(28-19)24-18(27)17-15(11-21-25(17)2)13-9-6-10-13/h3-5,7-8,11,13H,6,9-10H2,1-2H3,(H,22,26)(H,23,24,27). The highest BCUT2D eigenvalue weighted by Gasteiger charge is 2.28. The van der Waals surface area contributed by atoms with Crippen LogP contribution in [0.25, 0.3) is 11.3 Å². The first-order chi connectivity index (χ1) is 13.5. The zero-order chi connectivity index (χ0) is 19.7. The maximum Gasteiger partial charge on any atom is 0.275 e. The summed E-state index contributed by atoms with van der Waals surface area (Å²) in [6, 6.07) is 9.57. The lowest BCUT2D eigenvalue weighted by Crippen LogP contribution is -2.20. The molecule has 0 saturated heterocycles. The summed E-state index contributed by atoms with van der Waals surface area (Å²) in [6.45, 7) is 1.45. The summed E-state index contributed by atoms with van der Waals surface area (Å²) >= 11 is 1.24. The zero-order valence-electron chi connectivity index (χ0n) is 15.7. The van der Waals surface area contributed by atoms with Crippen LogP contribution >= 0.6 is 11.3 Å². The molecule has 0 radical (unpaired) electrons. The summed E-state index contributed by atoms with van der Waals surface area (Å²) in [6.07, 6.45) is 5.16. The molecular weight excluding hydrogens is 374 g/mol. The number of carbonyl (C=O) groups excluding carboxylic acids is 2. The Bertz CT molecular complexity index is 1020. The summed E-state index contributed by atoms with van der Waals surface area (Å²) in [7, 11) is 1.77. The fraction of sp³-hybridized carbons (Fsp3) is 0.300. The molecule has 7 nitrogen and oxygen atoms in total. The number of anilines is 2. The number of aryl methyl sites for hydroxylation is 1. The molecule has 0 spiro atoms. The SMILES string of the molecule is CC(=O)Nc1sc(NC(=O)c2c(C3CCC3)cnn2C)nc1-c1ccccc1. The predicted octanol–water partition coefficient (Wildman–Crippen LogP) is 4.02. The van der Waals surface area contributed by atoms with Crippen LogP contribution < -0.4 is 10.6 Å². The molecule has 0 bridgehead atoms. The molecule has 2 amide bonds. The molecule has 1 aromatic carbocycles. The molecule has 28 heavy (non-hydrogen) atoms. The smallest absolute Gasteiger partial charge is 0.275 e. The molecule has 8 heteroatoms. The Morgan fingerprint density at radius 1 is 1.18 bits per heavy atom. The number of nitrogens with zero attached hydrogens (tertiary/aromatic N) is 3. The molecule has 0 unspecified atom stereocenters. The molecule has 4 rings (SSSR count). The number of aromatic nitrogens is 3. The minimum Gasteiger partial charge on any atom is -0.316 e. The van der Waals surface area contributed by atoms with Gasteiger partial charge in [0.1, 0.15) is 16.4 Å². The topological polar surface area (TPSA) is 88.9 Å². The molecule has 2 aromatic heterocycles. The first kappa shape index (κ1) is 18.4. The van der Waals surface area contributed by atoms with Crippen LogP contribution in [0.4, 0.5) is 10.1 Å². The fourth-order valence-corrected chi connectivity index (χ4v) is 4.25. The average molecular weight is 395 g/mol. The average Bonchev–Trinajstić information content (AvgIpc) is 3.17. The van der Waals surface area contributed by atoms with E-state index >= 15 is 0 Å². The van der Waals surface area contributed by atoms with E-state index in [4.69, 9.17) is 0 Å². The van der Waals surface area contributed by atoms with E-state index in [2.05, 4.69) is 20.7 Å². The molecule has 0 aliphatic heterocycles. The van der Waals surface area contributed by atoms with Crippen LogP contribution in [0.2, 0.25) is 0 Å². The highest BCUT2D eigenvalue weighted by atomic mass is 32.1. The van der Waals surface area contributed by atoms with E-state index in [1.807, 2.05) is 30.3 Å². The molecular formula is C20H21N5O2S. The predicted molar refractivity (Wildman–Crippen MR) is 110 cm³/mol. The highest BCUT2D eigenvalue weighted by Crippen LogP contribution is 2.39. The van der Waals surface area contributed by atoms with Crippen molar-refractivity contribution in [2.24, 2.45) is 7.05 Å². The van der Waals surface area contributed by atoms with Gasteiger partial charge in [-0.3, -0.25) is 19.6 Å². The summed E-state index contributed by atoms with van der Waals surface area (Å²) < 4.78 is 1.61. The second-order valence-corrected chi connectivity index (χ2v) is 7.90. The number of hydrogen-bond donors (Lipinski definition) is 2. The number of carbonyl (C=O) groups is 2. The Morgan fingerprint density at radius 2 is 1.93 bits per heavy atom. The first-order valence-corrected chi connectivity index (χ1v) is 10.0. The van der Waals surface area contributed by atoms with Gasteiger partial charge in [-0.05, 0) is 18.8 Å². The van der Waals surface area contributed by atoms with Gasteiger partial charge in [-0.25, -0.2) is 4.98 Å². The van der Waals surface area contributed by atoms with Crippen LogP contribution in [0.3, 0.4) is 0 Å². The quantitative estimate of drug-likeness (QED) is 0.683. The number of rotatable bonds is 5. The molecule has 1 saturated carbocycles. The van der Waals surface area contributed by atoms with Crippen molar-refractivity contribution in [3.05, 3.63) is 47.8 Å². The van der Waals surface area contributed by atoms with Crippen LogP contribution in [0.15, 0.2) is 36.5 Å². The van der Waals surface area contributed by atoms with Gasteiger partial charge >= 0.3 is 0 Å². The summed E-state index contributed by atoms with van der Waals surface area (Å²) in [5, 5.41) is 11.0. The largest absolute Gasteiger partial charge is 0.316 e. The normalized spacial score (nSPS) is 13.8. The molecule has 144 valence electrons. The van der Waals surface area contributed by atoms with Gasteiger partial charge in [0, 0.05) is 25.1 Å². The highest BCUT2D eigenvalue weighted by molar-refractivity contribution is 7.20. The van der Waals surface area contributed by atoms with Crippen molar-refractivity contribution >= 4 is 33.3 Å². The summed E-state index contributed by atoms with van der Waals surface area (Å²) in [5.74, 6) is -0.0113. The van der Waals surface area contributed by atoms with E-state index in [-0.39, 0.29) is 11.8 Å². The second kappa shape index (κ2) is 7.55. The number of benzene rings is 1. The first-order valence-electron chi connectivity index (χ1n) is 9.20.